The number of halogens is 2. The van der Waals surface area contributed by atoms with Crippen LogP contribution in [0.2, 0.25) is 5.02 Å². The summed E-state index contributed by atoms with van der Waals surface area (Å²) in [5.41, 5.74) is 0. The summed E-state index contributed by atoms with van der Waals surface area (Å²) in [6.45, 7) is 1.93. The Morgan fingerprint density at radius 3 is 2.86 bits per heavy atom. The van der Waals surface area contributed by atoms with E-state index in [-0.39, 0.29) is 24.4 Å². The number of nitrogens with one attached hydrogen (secondary N) is 1. The zero-order valence-electron chi connectivity index (χ0n) is 12.2. The van der Waals surface area contributed by atoms with Crippen LogP contribution in [0, 0.1) is 0 Å². The fourth-order valence-electron chi connectivity index (χ4n) is 2.29. The topological polar surface area (TPSA) is 41.6 Å². The second-order valence-corrected chi connectivity index (χ2v) is 5.45. The Kier molecular flexibility index (Phi) is 7.86. The molecule has 0 bridgehead atoms. The van der Waals surface area contributed by atoms with Gasteiger partial charge in [0, 0.05) is 7.05 Å². The van der Waals surface area contributed by atoms with Crippen molar-refractivity contribution in [2.45, 2.75) is 25.3 Å². The first-order valence-electron chi connectivity index (χ1n) is 7.04. The fourth-order valence-corrected chi connectivity index (χ4v) is 2.48. The van der Waals surface area contributed by atoms with Crippen molar-refractivity contribution in [3.63, 3.8) is 0 Å². The number of hydrogen-bond donors (Lipinski definition) is 1. The van der Waals surface area contributed by atoms with Crippen molar-refractivity contribution in [1.29, 1.82) is 0 Å². The number of amides is 1. The molecule has 0 spiro atoms. The predicted molar refractivity (Wildman–Crippen MR) is 87.5 cm³/mol. The van der Waals surface area contributed by atoms with Gasteiger partial charge in [-0.3, -0.25) is 4.79 Å². The van der Waals surface area contributed by atoms with E-state index in [1.54, 1.807) is 11.0 Å². The molecule has 0 aromatic heterocycles. The Balaban J connectivity index is 0.00000220. The predicted octanol–water partition coefficient (Wildman–Crippen LogP) is 2.74. The average Bonchev–Trinajstić information content (AvgIpc) is 2.49. The van der Waals surface area contributed by atoms with Crippen LogP contribution in [0.4, 0.5) is 0 Å². The normalized spacial score (nSPS) is 17.7. The van der Waals surface area contributed by atoms with Crippen LogP contribution in [0.25, 0.3) is 0 Å². The minimum Gasteiger partial charge on any atom is -0.490 e. The lowest BCUT2D eigenvalue weighted by Gasteiger charge is -2.27. The molecular weight excluding hydrogens is 311 g/mol. The van der Waals surface area contributed by atoms with Crippen molar-refractivity contribution in [2.75, 3.05) is 26.7 Å². The number of benzene rings is 1. The van der Waals surface area contributed by atoms with Crippen molar-refractivity contribution in [3.05, 3.63) is 29.3 Å². The first-order chi connectivity index (χ1) is 9.68. The number of piperidine rings is 1. The highest BCUT2D eigenvalue weighted by atomic mass is 35.5. The van der Waals surface area contributed by atoms with Crippen LogP contribution in [-0.4, -0.2) is 43.6 Å². The van der Waals surface area contributed by atoms with Crippen LogP contribution >= 0.6 is 24.0 Å². The minimum absolute atomic E-state index is 0. The van der Waals surface area contributed by atoms with Crippen LogP contribution in [0.1, 0.15) is 19.3 Å². The Labute approximate surface area is 137 Å². The fraction of sp³-hybridized carbons (Fsp3) is 0.533. The Morgan fingerprint density at radius 2 is 2.19 bits per heavy atom. The summed E-state index contributed by atoms with van der Waals surface area (Å²) in [6, 6.07) is 7.32. The number of para-hydroxylation sites is 1. The summed E-state index contributed by atoms with van der Waals surface area (Å²) in [5, 5.41) is 3.86. The Hall–Kier alpha value is -0.970. The molecule has 1 amide bonds. The monoisotopic (exact) mass is 332 g/mol. The van der Waals surface area contributed by atoms with Crippen LogP contribution < -0.4 is 10.1 Å². The largest absolute Gasteiger partial charge is 0.490 e. The molecular formula is C15H22Cl2N2O2. The average molecular weight is 333 g/mol. The smallest absolute Gasteiger partial charge is 0.239 e. The van der Waals surface area contributed by atoms with E-state index in [2.05, 4.69) is 5.32 Å². The number of carbonyl (C=O) groups excluding carboxylic acids is 1. The molecule has 1 N–H and O–H groups in total. The number of likely N-dealkylation sites (N-methyl/N-ethyl adjacent to an activating group) is 1. The molecule has 0 saturated carbocycles. The van der Waals surface area contributed by atoms with Crippen molar-refractivity contribution in [2.24, 2.45) is 0 Å². The summed E-state index contributed by atoms with van der Waals surface area (Å²) in [6.07, 6.45) is 3.20. The highest BCUT2D eigenvalue weighted by Gasteiger charge is 2.23. The van der Waals surface area contributed by atoms with Gasteiger partial charge in [0.25, 0.3) is 0 Å². The van der Waals surface area contributed by atoms with E-state index >= 15 is 0 Å². The van der Waals surface area contributed by atoms with Crippen LogP contribution in [0.15, 0.2) is 24.3 Å². The molecule has 118 valence electrons. The molecule has 2 rings (SSSR count). The van der Waals surface area contributed by atoms with Crippen molar-refractivity contribution in [1.82, 2.24) is 10.2 Å². The molecule has 1 aromatic rings. The third-order valence-corrected chi connectivity index (χ3v) is 3.82. The lowest BCUT2D eigenvalue weighted by molar-refractivity contribution is -0.133. The minimum atomic E-state index is -0.0333. The van der Waals surface area contributed by atoms with Gasteiger partial charge in [-0.15, -0.1) is 12.4 Å². The molecule has 1 atom stereocenters. The van der Waals surface area contributed by atoms with Crippen molar-refractivity contribution in [3.8, 4) is 5.75 Å². The van der Waals surface area contributed by atoms with Gasteiger partial charge in [-0.05, 0) is 31.5 Å². The standard InChI is InChI=1S/C15H21ClN2O2.ClH/c1-18(15(19)13-7-4-5-9-17-13)10-11-20-14-8-3-2-6-12(14)16;/h2-3,6,8,13,17H,4-5,7,9-11H2,1H3;1H/t13-;/m0./s1. The van der Waals surface area contributed by atoms with E-state index in [1.165, 1.54) is 0 Å². The summed E-state index contributed by atoms with van der Waals surface area (Å²) < 4.78 is 5.60. The molecule has 1 saturated heterocycles. The second-order valence-electron chi connectivity index (χ2n) is 5.04. The Bertz CT molecular complexity index is 451. The zero-order chi connectivity index (χ0) is 14.4. The molecule has 0 unspecified atom stereocenters. The second kappa shape index (κ2) is 9.13. The SMILES string of the molecule is CN(CCOc1ccccc1Cl)C(=O)[C@@H]1CCCCN1.Cl. The molecule has 1 heterocycles. The lowest BCUT2D eigenvalue weighted by atomic mass is 10.0. The Morgan fingerprint density at radius 1 is 1.43 bits per heavy atom. The summed E-state index contributed by atoms with van der Waals surface area (Å²) >= 11 is 6.01. The van der Waals surface area contributed by atoms with Crippen LogP contribution in [0.3, 0.4) is 0 Å². The van der Waals surface area contributed by atoms with Crippen molar-refractivity contribution < 1.29 is 9.53 Å². The van der Waals surface area contributed by atoms with E-state index in [4.69, 9.17) is 16.3 Å². The molecule has 0 radical (unpaired) electrons. The van der Waals surface area contributed by atoms with Gasteiger partial charge in [-0.2, -0.15) is 0 Å². The number of hydrogen-bond acceptors (Lipinski definition) is 3. The quantitative estimate of drug-likeness (QED) is 0.901. The maximum absolute atomic E-state index is 12.2. The molecule has 6 heteroatoms. The maximum Gasteiger partial charge on any atom is 0.239 e. The van der Waals surface area contributed by atoms with E-state index < -0.39 is 0 Å². The third-order valence-electron chi connectivity index (χ3n) is 3.51. The molecule has 21 heavy (non-hydrogen) atoms. The first-order valence-corrected chi connectivity index (χ1v) is 7.42. The van der Waals surface area contributed by atoms with Gasteiger partial charge >= 0.3 is 0 Å². The van der Waals surface area contributed by atoms with Gasteiger partial charge in [0.05, 0.1) is 17.6 Å². The summed E-state index contributed by atoms with van der Waals surface area (Å²) in [7, 11) is 1.81. The molecule has 1 fully saturated rings. The van der Waals surface area contributed by atoms with Gasteiger partial charge in [-0.25, -0.2) is 0 Å². The van der Waals surface area contributed by atoms with Crippen molar-refractivity contribution >= 4 is 29.9 Å². The summed E-state index contributed by atoms with van der Waals surface area (Å²) in [4.78, 5) is 13.9. The van der Waals surface area contributed by atoms with Gasteiger partial charge < -0.3 is 15.0 Å². The summed E-state index contributed by atoms with van der Waals surface area (Å²) in [5.74, 6) is 0.804. The van der Waals surface area contributed by atoms with Crippen LogP contribution in [0.5, 0.6) is 5.75 Å². The molecule has 1 aromatic carbocycles. The molecule has 1 aliphatic heterocycles. The molecule has 1 aliphatic rings. The highest BCUT2D eigenvalue weighted by molar-refractivity contribution is 6.32. The van der Waals surface area contributed by atoms with Gasteiger partial charge in [0.2, 0.25) is 5.91 Å². The highest BCUT2D eigenvalue weighted by Crippen LogP contribution is 2.22. The van der Waals surface area contributed by atoms with Crippen LogP contribution in [-0.2, 0) is 4.79 Å². The molecule has 4 nitrogen and oxygen atoms in total. The number of carbonyl (C=O) groups is 1. The van der Waals surface area contributed by atoms with E-state index in [9.17, 15) is 4.79 Å². The number of rotatable bonds is 5. The number of nitrogens with zero attached hydrogens (tertiary/aromatic N) is 1. The van der Waals surface area contributed by atoms with E-state index in [0.29, 0.717) is 23.9 Å². The van der Waals surface area contributed by atoms with Gasteiger partial charge in [-0.1, -0.05) is 30.2 Å². The molecule has 0 aliphatic carbocycles. The number of ether oxygens (including phenoxy) is 1. The zero-order valence-corrected chi connectivity index (χ0v) is 13.8. The lowest BCUT2D eigenvalue weighted by Crippen LogP contribution is -2.48. The third kappa shape index (κ3) is 5.38. The van der Waals surface area contributed by atoms with E-state index in [0.717, 1.165) is 25.8 Å². The first kappa shape index (κ1) is 18.1. The van der Waals surface area contributed by atoms with E-state index in [1.807, 2.05) is 25.2 Å². The van der Waals surface area contributed by atoms with Gasteiger partial charge in [0.1, 0.15) is 12.4 Å². The van der Waals surface area contributed by atoms with Gasteiger partial charge in [0.15, 0.2) is 0 Å². The maximum atomic E-state index is 12.2.